The van der Waals surface area contributed by atoms with E-state index >= 15 is 0 Å². The molecule has 0 bridgehead atoms. The van der Waals surface area contributed by atoms with Gasteiger partial charge in [0.15, 0.2) is 0 Å². The zero-order chi connectivity index (χ0) is 15.1. The zero-order valence-corrected chi connectivity index (χ0v) is 11.8. The minimum Gasteiger partial charge on any atom is -0.494 e. The predicted molar refractivity (Wildman–Crippen MR) is 81.3 cm³/mol. The Morgan fingerprint density at radius 2 is 1.81 bits per heavy atom. The molecule has 0 spiro atoms. The van der Waals surface area contributed by atoms with Crippen molar-refractivity contribution in [1.29, 1.82) is 5.26 Å². The molecule has 0 fully saturated rings. The lowest BCUT2D eigenvalue weighted by molar-refractivity contribution is 0.102. The summed E-state index contributed by atoms with van der Waals surface area (Å²) in [5.41, 5.74) is 2.17. The first kappa shape index (κ1) is 14.6. The van der Waals surface area contributed by atoms with Gasteiger partial charge in [-0.3, -0.25) is 4.79 Å². The van der Waals surface area contributed by atoms with Crippen molar-refractivity contribution in [2.45, 2.75) is 13.3 Å². The molecular formula is C17H16N2O2. The Hall–Kier alpha value is -2.80. The molecule has 0 aromatic heterocycles. The van der Waals surface area contributed by atoms with Gasteiger partial charge < -0.3 is 10.1 Å². The summed E-state index contributed by atoms with van der Waals surface area (Å²) in [6.45, 7) is 2.53. The number of anilines is 1. The molecule has 1 N–H and O–H groups in total. The Kier molecular flexibility index (Phi) is 4.94. The number of nitrogens with zero attached hydrogens (tertiary/aromatic N) is 1. The largest absolute Gasteiger partial charge is 0.494 e. The number of ether oxygens (including phenoxy) is 1. The molecule has 0 heterocycles. The van der Waals surface area contributed by atoms with E-state index in [2.05, 4.69) is 11.4 Å². The number of nitriles is 1. The van der Waals surface area contributed by atoms with Crippen LogP contribution in [0.3, 0.4) is 0 Å². The zero-order valence-electron chi connectivity index (χ0n) is 11.8. The van der Waals surface area contributed by atoms with Gasteiger partial charge in [-0.25, -0.2) is 0 Å². The number of amides is 1. The van der Waals surface area contributed by atoms with Crippen LogP contribution in [-0.4, -0.2) is 12.5 Å². The van der Waals surface area contributed by atoms with Crippen LogP contribution in [0.15, 0.2) is 48.5 Å². The second kappa shape index (κ2) is 7.11. The third-order valence-electron chi connectivity index (χ3n) is 2.92. The van der Waals surface area contributed by atoms with Crippen molar-refractivity contribution in [1.82, 2.24) is 0 Å². The van der Waals surface area contributed by atoms with E-state index in [0.29, 0.717) is 24.3 Å². The van der Waals surface area contributed by atoms with Crippen LogP contribution in [0.5, 0.6) is 5.75 Å². The second-order valence-corrected chi connectivity index (χ2v) is 4.44. The molecule has 0 unspecified atom stereocenters. The van der Waals surface area contributed by atoms with Crippen LogP contribution in [0.4, 0.5) is 5.69 Å². The molecule has 106 valence electrons. The van der Waals surface area contributed by atoms with Crippen LogP contribution >= 0.6 is 0 Å². The second-order valence-electron chi connectivity index (χ2n) is 4.44. The molecule has 2 rings (SSSR count). The molecule has 4 heteroatoms. The first-order chi connectivity index (χ1) is 10.2. The SMILES string of the molecule is CCOc1ccc(NC(=O)c2ccc(CC#N)cc2)cc1. The summed E-state index contributed by atoms with van der Waals surface area (Å²) in [5, 5.41) is 11.4. The van der Waals surface area contributed by atoms with Gasteiger partial charge in [-0.15, -0.1) is 0 Å². The summed E-state index contributed by atoms with van der Waals surface area (Å²) in [6, 6.07) is 16.3. The van der Waals surface area contributed by atoms with Gasteiger partial charge in [0.25, 0.3) is 5.91 Å². The number of nitrogens with one attached hydrogen (secondary N) is 1. The van der Waals surface area contributed by atoms with Crippen LogP contribution in [0.2, 0.25) is 0 Å². The van der Waals surface area contributed by atoms with E-state index in [0.717, 1.165) is 11.3 Å². The maximum absolute atomic E-state index is 12.1. The average Bonchev–Trinajstić information content (AvgIpc) is 2.50. The van der Waals surface area contributed by atoms with E-state index in [1.54, 1.807) is 36.4 Å². The van der Waals surface area contributed by atoms with E-state index in [4.69, 9.17) is 10.00 Å². The van der Waals surface area contributed by atoms with Gasteiger partial charge in [-0.2, -0.15) is 5.26 Å². The van der Waals surface area contributed by atoms with E-state index in [9.17, 15) is 4.79 Å². The average molecular weight is 280 g/mol. The van der Waals surface area contributed by atoms with Gasteiger partial charge in [0, 0.05) is 11.3 Å². The summed E-state index contributed by atoms with van der Waals surface area (Å²) < 4.78 is 5.35. The van der Waals surface area contributed by atoms with Crippen LogP contribution in [0.25, 0.3) is 0 Å². The summed E-state index contributed by atoms with van der Waals surface area (Å²) >= 11 is 0. The molecule has 0 aliphatic heterocycles. The first-order valence-electron chi connectivity index (χ1n) is 6.73. The Labute approximate surface area is 124 Å². The maximum Gasteiger partial charge on any atom is 0.255 e. The lowest BCUT2D eigenvalue weighted by atomic mass is 10.1. The number of benzene rings is 2. The van der Waals surface area contributed by atoms with Crippen LogP contribution in [0.1, 0.15) is 22.8 Å². The van der Waals surface area contributed by atoms with Crippen LogP contribution < -0.4 is 10.1 Å². The normalized spacial score (nSPS) is 9.71. The van der Waals surface area contributed by atoms with Gasteiger partial charge in [-0.1, -0.05) is 12.1 Å². The van der Waals surface area contributed by atoms with Crippen molar-refractivity contribution in [2.75, 3.05) is 11.9 Å². The quantitative estimate of drug-likeness (QED) is 0.913. The molecule has 2 aromatic rings. The van der Waals surface area contributed by atoms with Crippen molar-refractivity contribution in [2.24, 2.45) is 0 Å². The van der Waals surface area contributed by atoms with E-state index < -0.39 is 0 Å². The van der Waals surface area contributed by atoms with Crippen molar-refractivity contribution in [3.8, 4) is 11.8 Å². The molecule has 0 atom stereocenters. The number of carbonyl (C=O) groups is 1. The molecule has 2 aromatic carbocycles. The molecule has 21 heavy (non-hydrogen) atoms. The Morgan fingerprint density at radius 1 is 1.14 bits per heavy atom. The molecule has 4 nitrogen and oxygen atoms in total. The molecule has 0 aliphatic carbocycles. The van der Waals surface area contributed by atoms with Crippen LogP contribution in [0, 0.1) is 11.3 Å². The monoisotopic (exact) mass is 280 g/mol. The fourth-order valence-corrected chi connectivity index (χ4v) is 1.87. The lowest BCUT2D eigenvalue weighted by Crippen LogP contribution is -2.11. The summed E-state index contributed by atoms with van der Waals surface area (Å²) in [7, 11) is 0. The van der Waals surface area contributed by atoms with E-state index in [-0.39, 0.29) is 5.91 Å². The van der Waals surface area contributed by atoms with Gasteiger partial charge in [0.05, 0.1) is 19.1 Å². The standard InChI is InChI=1S/C17H16N2O2/c1-2-21-16-9-7-15(8-10-16)19-17(20)14-5-3-13(4-6-14)11-12-18/h3-10H,2,11H2,1H3,(H,19,20). The molecule has 0 saturated carbocycles. The molecule has 0 saturated heterocycles. The predicted octanol–water partition coefficient (Wildman–Crippen LogP) is 3.40. The molecule has 1 amide bonds. The van der Waals surface area contributed by atoms with Crippen molar-refractivity contribution in [3.05, 3.63) is 59.7 Å². The third kappa shape index (κ3) is 4.08. The van der Waals surface area contributed by atoms with E-state index in [1.165, 1.54) is 0 Å². The Balaban J connectivity index is 2.02. The number of hydrogen-bond acceptors (Lipinski definition) is 3. The van der Waals surface area contributed by atoms with Gasteiger partial charge in [0.2, 0.25) is 0 Å². The Morgan fingerprint density at radius 3 is 2.38 bits per heavy atom. The van der Waals surface area contributed by atoms with Crippen molar-refractivity contribution in [3.63, 3.8) is 0 Å². The summed E-state index contributed by atoms with van der Waals surface area (Å²) in [4.78, 5) is 12.1. The van der Waals surface area contributed by atoms with Crippen molar-refractivity contribution >= 4 is 11.6 Å². The van der Waals surface area contributed by atoms with Gasteiger partial charge in [-0.05, 0) is 48.9 Å². The molecular weight excluding hydrogens is 264 g/mol. The van der Waals surface area contributed by atoms with Gasteiger partial charge >= 0.3 is 0 Å². The number of carbonyl (C=O) groups excluding carboxylic acids is 1. The number of rotatable bonds is 5. The van der Waals surface area contributed by atoms with Gasteiger partial charge in [0.1, 0.15) is 5.75 Å². The topological polar surface area (TPSA) is 62.1 Å². The summed E-state index contributed by atoms with van der Waals surface area (Å²) in [6.07, 6.45) is 0.348. The fourth-order valence-electron chi connectivity index (χ4n) is 1.87. The minimum atomic E-state index is -0.178. The molecule has 0 radical (unpaired) electrons. The van der Waals surface area contributed by atoms with Crippen molar-refractivity contribution < 1.29 is 9.53 Å². The molecule has 0 aliphatic rings. The third-order valence-corrected chi connectivity index (χ3v) is 2.92. The van der Waals surface area contributed by atoms with E-state index in [1.807, 2.05) is 19.1 Å². The minimum absolute atomic E-state index is 0.178. The van der Waals surface area contributed by atoms with Crippen LogP contribution in [-0.2, 0) is 6.42 Å². The highest BCUT2D eigenvalue weighted by molar-refractivity contribution is 6.04. The first-order valence-corrected chi connectivity index (χ1v) is 6.73. The lowest BCUT2D eigenvalue weighted by Gasteiger charge is -2.07. The summed E-state index contributed by atoms with van der Waals surface area (Å²) in [5.74, 6) is 0.596. The fraction of sp³-hybridized carbons (Fsp3) is 0.176. The highest BCUT2D eigenvalue weighted by atomic mass is 16.5. The maximum atomic E-state index is 12.1. The smallest absolute Gasteiger partial charge is 0.255 e. The highest BCUT2D eigenvalue weighted by Crippen LogP contribution is 2.16. The Bertz CT molecular complexity index is 640. The highest BCUT2D eigenvalue weighted by Gasteiger charge is 2.06. The number of hydrogen-bond donors (Lipinski definition) is 1.